The largest absolute Gasteiger partial charge is 0.497 e. The Morgan fingerprint density at radius 1 is 0.775 bits per heavy atom. The van der Waals surface area contributed by atoms with Crippen LogP contribution in [-0.2, 0) is 9.53 Å². The molecule has 1 N–H and O–H groups in total. The maximum Gasteiger partial charge on any atom is 0.343 e. The van der Waals surface area contributed by atoms with E-state index >= 15 is 0 Å². The number of carbonyl (C=O) groups excluding carboxylic acids is 2. The molecule has 0 aliphatic carbocycles. The van der Waals surface area contributed by atoms with Crippen LogP contribution in [-0.4, -0.2) is 35.9 Å². The van der Waals surface area contributed by atoms with Crippen molar-refractivity contribution in [1.82, 2.24) is 9.78 Å². The van der Waals surface area contributed by atoms with Gasteiger partial charge in [0.2, 0.25) is 6.10 Å². The zero-order valence-corrected chi connectivity index (χ0v) is 22.0. The first kappa shape index (κ1) is 26.2. The van der Waals surface area contributed by atoms with E-state index in [1.165, 1.54) is 0 Å². The number of carbonyl (C=O) groups is 2. The van der Waals surface area contributed by atoms with Gasteiger partial charge in [0.25, 0.3) is 5.91 Å². The van der Waals surface area contributed by atoms with Crippen molar-refractivity contribution >= 4 is 17.6 Å². The topological polar surface area (TPSA) is 91.7 Å². The van der Waals surface area contributed by atoms with Crippen LogP contribution < -0.4 is 14.8 Å². The quantitative estimate of drug-likeness (QED) is 0.231. The zero-order valence-electron chi connectivity index (χ0n) is 22.0. The number of hydrogen-bond acceptors (Lipinski definition) is 6. The standard InChI is InChI=1S/C32H27N3O5/c1-38-26-18-16-22(17-19-26)29-28(21-35(34-29)25-13-7-4-8-14-25)32(37)40-30(23-10-5-3-6-11-23)31(36)33-24-12-9-15-27(20-24)39-2/h3-21,30H,1-2H3,(H,33,36). The van der Waals surface area contributed by atoms with Gasteiger partial charge in [-0.25, -0.2) is 9.48 Å². The summed E-state index contributed by atoms with van der Waals surface area (Å²) < 4.78 is 18.1. The van der Waals surface area contributed by atoms with Crippen LogP contribution in [0.2, 0.25) is 0 Å². The van der Waals surface area contributed by atoms with E-state index in [1.807, 2.05) is 48.5 Å². The van der Waals surface area contributed by atoms with E-state index in [0.29, 0.717) is 34.0 Å². The summed E-state index contributed by atoms with van der Waals surface area (Å²) >= 11 is 0. The molecular weight excluding hydrogens is 506 g/mol. The number of hydrogen-bond donors (Lipinski definition) is 1. The van der Waals surface area contributed by atoms with Crippen molar-refractivity contribution in [2.45, 2.75) is 6.10 Å². The summed E-state index contributed by atoms with van der Waals surface area (Å²) in [6.45, 7) is 0. The van der Waals surface area contributed by atoms with Crippen molar-refractivity contribution in [2.24, 2.45) is 0 Å². The van der Waals surface area contributed by atoms with Crippen LogP contribution in [0, 0.1) is 0 Å². The summed E-state index contributed by atoms with van der Waals surface area (Å²) in [6.07, 6.45) is 0.392. The van der Waals surface area contributed by atoms with E-state index in [1.54, 1.807) is 85.8 Å². The molecule has 0 bridgehead atoms. The highest BCUT2D eigenvalue weighted by atomic mass is 16.5. The van der Waals surface area contributed by atoms with E-state index in [0.717, 1.165) is 5.69 Å². The minimum absolute atomic E-state index is 0.212. The van der Waals surface area contributed by atoms with Crippen LogP contribution in [0.3, 0.4) is 0 Å². The van der Waals surface area contributed by atoms with E-state index < -0.39 is 18.0 Å². The predicted octanol–water partition coefficient (Wildman–Crippen LogP) is 6.09. The van der Waals surface area contributed by atoms with Gasteiger partial charge in [0.1, 0.15) is 22.8 Å². The van der Waals surface area contributed by atoms with Gasteiger partial charge in [-0.05, 0) is 48.5 Å². The number of ether oxygens (including phenoxy) is 3. The van der Waals surface area contributed by atoms with E-state index in [4.69, 9.17) is 19.3 Å². The molecule has 8 nitrogen and oxygen atoms in total. The smallest absolute Gasteiger partial charge is 0.343 e. The molecule has 1 aromatic heterocycles. The highest BCUT2D eigenvalue weighted by molar-refractivity contribution is 6.00. The maximum atomic E-state index is 13.7. The molecule has 0 saturated carbocycles. The van der Waals surface area contributed by atoms with Crippen LogP contribution in [0.1, 0.15) is 22.0 Å². The molecule has 5 aromatic rings. The number of benzene rings is 4. The summed E-state index contributed by atoms with van der Waals surface area (Å²) in [6, 6.07) is 32.5. The summed E-state index contributed by atoms with van der Waals surface area (Å²) in [5, 5.41) is 7.53. The lowest BCUT2D eigenvalue weighted by molar-refractivity contribution is -0.125. The molecule has 200 valence electrons. The third-order valence-corrected chi connectivity index (χ3v) is 6.22. The molecule has 1 heterocycles. The minimum atomic E-state index is -1.22. The van der Waals surface area contributed by atoms with Gasteiger partial charge in [0.15, 0.2) is 0 Å². The lowest BCUT2D eigenvalue weighted by Gasteiger charge is -2.18. The Kier molecular flexibility index (Phi) is 7.87. The molecule has 4 aromatic carbocycles. The van der Waals surface area contributed by atoms with Crippen LogP contribution in [0.5, 0.6) is 11.5 Å². The molecule has 0 radical (unpaired) electrons. The van der Waals surface area contributed by atoms with Gasteiger partial charge in [-0.2, -0.15) is 5.10 Å². The van der Waals surface area contributed by atoms with Crippen molar-refractivity contribution in [3.8, 4) is 28.4 Å². The predicted molar refractivity (Wildman–Crippen MR) is 152 cm³/mol. The number of aromatic nitrogens is 2. The van der Waals surface area contributed by atoms with E-state index in [-0.39, 0.29) is 5.56 Å². The van der Waals surface area contributed by atoms with Crippen molar-refractivity contribution < 1.29 is 23.8 Å². The number of nitrogens with zero attached hydrogens (tertiary/aromatic N) is 2. The summed E-state index contributed by atoms with van der Waals surface area (Å²) in [5.74, 6) is 0.0640. The Morgan fingerprint density at radius 3 is 2.12 bits per heavy atom. The number of esters is 1. The third-order valence-electron chi connectivity index (χ3n) is 6.22. The number of para-hydroxylation sites is 1. The zero-order chi connectivity index (χ0) is 27.9. The second-order valence-corrected chi connectivity index (χ2v) is 8.82. The lowest BCUT2D eigenvalue weighted by Crippen LogP contribution is -2.26. The normalized spacial score (nSPS) is 11.3. The Labute approximate surface area is 231 Å². The summed E-state index contributed by atoms with van der Waals surface area (Å²) in [5.41, 5.74) is 3.13. The van der Waals surface area contributed by atoms with Crippen molar-refractivity contribution in [3.63, 3.8) is 0 Å². The monoisotopic (exact) mass is 533 g/mol. The number of anilines is 1. The van der Waals surface area contributed by atoms with Gasteiger partial charge in [-0.1, -0.05) is 54.6 Å². The lowest BCUT2D eigenvalue weighted by atomic mass is 10.1. The fraction of sp³-hybridized carbons (Fsp3) is 0.0938. The van der Waals surface area contributed by atoms with Crippen LogP contribution in [0.4, 0.5) is 5.69 Å². The summed E-state index contributed by atoms with van der Waals surface area (Å²) in [7, 11) is 3.13. The average Bonchev–Trinajstić information content (AvgIpc) is 3.46. The molecular formula is C32H27N3O5. The Bertz CT molecular complexity index is 1600. The Balaban J connectivity index is 1.50. The Morgan fingerprint density at radius 2 is 1.45 bits per heavy atom. The molecule has 1 unspecified atom stereocenters. The first-order valence-corrected chi connectivity index (χ1v) is 12.6. The molecule has 5 rings (SSSR count). The van der Waals surface area contributed by atoms with E-state index in [9.17, 15) is 9.59 Å². The Hall–Kier alpha value is -5.37. The second-order valence-electron chi connectivity index (χ2n) is 8.82. The van der Waals surface area contributed by atoms with Gasteiger partial charge in [0, 0.05) is 29.1 Å². The summed E-state index contributed by atoms with van der Waals surface area (Å²) in [4.78, 5) is 27.2. The van der Waals surface area contributed by atoms with Crippen LogP contribution in [0.25, 0.3) is 16.9 Å². The number of methoxy groups -OCH3 is 2. The SMILES string of the molecule is COc1ccc(-c2nn(-c3ccccc3)cc2C(=O)OC(C(=O)Nc2cccc(OC)c2)c2ccccc2)cc1. The third kappa shape index (κ3) is 5.86. The highest BCUT2D eigenvalue weighted by Gasteiger charge is 2.29. The highest BCUT2D eigenvalue weighted by Crippen LogP contribution is 2.29. The maximum absolute atomic E-state index is 13.7. The van der Waals surface area contributed by atoms with Gasteiger partial charge >= 0.3 is 5.97 Å². The van der Waals surface area contributed by atoms with Crippen molar-refractivity contribution in [2.75, 3.05) is 19.5 Å². The molecule has 1 atom stereocenters. The van der Waals surface area contributed by atoms with Crippen LogP contribution >= 0.6 is 0 Å². The molecule has 0 spiro atoms. The first-order chi connectivity index (χ1) is 19.6. The molecule has 8 heteroatoms. The second kappa shape index (κ2) is 12.0. The van der Waals surface area contributed by atoms with Gasteiger partial charge in [-0.15, -0.1) is 0 Å². The average molecular weight is 534 g/mol. The molecule has 1 amide bonds. The fourth-order valence-corrected chi connectivity index (χ4v) is 4.18. The fourth-order valence-electron chi connectivity index (χ4n) is 4.18. The number of rotatable bonds is 9. The molecule has 0 fully saturated rings. The van der Waals surface area contributed by atoms with Gasteiger partial charge in [0.05, 0.1) is 19.9 Å². The number of amides is 1. The van der Waals surface area contributed by atoms with Crippen molar-refractivity contribution in [3.05, 3.63) is 127 Å². The molecule has 40 heavy (non-hydrogen) atoms. The van der Waals surface area contributed by atoms with Crippen LogP contribution in [0.15, 0.2) is 115 Å². The minimum Gasteiger partial charge on any atom is -0.497 e. The van der Waals surface area contributed by atoms with Gasteiger partial charge in [-0.3, -0.25) is 4.79 Å². The molecule has 0 saturated heterocycles. The van der Waals surface area contributed by atoms with Crippen molar-refractivity contribution in [1.29, 1.82) is 0 Å². The first-order valence-electron chi connectivity index (χ1n) is 12.6. The van der Waals surface area contributed by atoms with Gasteiger partial charge < -0.3 is 19.5 Å². The van der Waals surface area contributed by atoms with E-state index in [2.05, 4.69) is 5.32 Å². The molecule has 0 aliphatic heterocycles. The molecule has 0 aliphatic rings. The number of nitrogens with one attached hydrogen (secondary N) is 1.